The van der Waals surface area contributed by atoms with Crippen LogP contribution in [-0.2, 0) is 11.2 Å². The first-order valence-electron chi connectivity index (χ1n) is 6.27. The van der Waals surface area contributed by atoms with Gasteiger partial charge in [0.2, 0.25) is 0 Å². The van der Waals surface area contributed by atoms with Crippen molar-refractivity contribution in [2.75, 3.05) is 17.6 Å². The normalized spacial score (nSPS) is 12.8. The Bertz CT molecular complexity index is 661. The lowest BCUT2D eigenvalue weighted by molar-refractivity contribution is -0.133. The summed E-state index contributed by atoms with van der Waals surface area (Å²) < 4.78 is 0. The number of hydrogen-bond acceptors (Lipinski definition) is 5. The number of carboxylic acids is 1. The molecule has 0 aliphatic carbocycles. The first-order chi connectivity index (χ1) is 9.75. The van der Waals surface area contributed by atoms with Gasteiger partial charge in [-0.2, -0.15) is 0 Å². The number of nitrogens with one attached hydrogen (secondary N) is 1. The van der Waals surface area contributed by atoms with E-state index in [1.165, 1.54) is 18.1 Å². The maximum atomic E-state index is 10.7. The number of aromatic nitrogens is 2. The summed E-state index contributed by atoms with van der Waals surface area (Å²) in [5.74, 6) is -0.826. The third-order valence-electron chi connectivity index (χ3n) is 3.11. The van der Waals surface area contributed by atoms with Crippen molar-refractivity contribution in [3.8, 4) is 11.3 Å². The molecule has 0 saturated carbocycles. The topological polar surface area (TPSA) is 75.1 Å². The van der Waals surface area contributed by atoms with Crippen molar-refractivity contribution in [3.63, 3.8) is 0 Å². The molecule has 0 amide bonds. The van der Waals surface area contributed by atoms with Gasteiger partial charge in [0.1, 0.15) is 11.4 Å². The Kier molecular flexibility index (Phi) is 3.56. The quantitative estimate of drug-likeness (QED) is 0.666. The molecule has 20 heavy (non-hydrogen) atoms. The first-order valence-corrected chi connectivity index (χ1v) is 7.26. The lowest BCUT2D eigenvalue weighted by Gasteiger charge is -2.10. The van der Waals surface area contributed by atoms with Crippen molar-refractivity contribution >= 4 is 23.4 Å². The van der Waals surface area contributed by atoms with Crippen LogP contribution in [-0.4, -0.2) is 33.3 Å². The van der Waals surface area contributed by atoms with Crippen LogP contribution in [0.1, 0.15) is 5.56 Å². The number of carbonyl (C=O) groups is 1. The van der Waals surface area contributed by atoms with Crippen LogP contribution in [0.4, 0.5) is 5.69 Å². The molecular weight excluding hydrogens is 274 g/mol. The second kappa shape index (κ2) is 5.50. The minimum atomic E-state index is -0.838. The fourth-order valence-electron chi connectivity index (χ4n) is 2.27. The number of hydrogen-bond donors (Lipinski definition) is 2. The molecule has 3 rings (SSSR count). The Balaban J connectivity index is 2.06. The zero-order valence-corrected chi connectivity index (χ0v) is 11.5. The van der Waals surface area contributed by atoms with E-state index in [2.05, 4.69) is 15.3 Å². The fourth-order valence-corrected chi connectivity index (χ4v) is 3.03. The van der Waals surface area contributed by atoms with Crippen molar-refractivity contribution in [3.05, 3.63) is 36.2 Å². The Morgan fingerprint density at radius 1 is 1.35 bits per heavy atom. The molecule has 0 fully saturated rings. The van der Waals surface area contributed by atoms with Crippen molar-refractivity contribution < 1.29 is 9.90 Å². The third kappa shape index (κ3) is 2.46. The molecule has 1 aliphatic rings. The summed E-state index contributed by atoms with van der Waals surface area (Å²) >= 11 is 1.25. The molecule has 102 valence electrons. The van der Waals surface area contributed by atoms with Gasteiger partial charge in [-0.15, -0.1) is 0 Å². The zero-order chi connectivity index (χ0) is 13.9. The predicted molar refractivity (Wildman–Crippen MR) is 78.0 cm³/mol. The van der Waals surface area contributed by atoms with Gasteiger partial charge in [0.25, 0.3) is 0 Å². The van der Waals surface area contributed by atoms with Gasteiger partial charge in [-0.3, -0.25) is 4.79 Å². The van der Waals surface area contributed by atoms with E-state index >= 15 is 0 Å². The number of para-hydroxylation sites is 1. The second-order valence-electron chi connectivity index (χ2n) is 4.41. The summed E-state index contributed by atoms with van der Waals surface area (Å²) in [7, 11) is 0. The molecule has 6 heteroatoms. The molecule has 0 radical (unpaired) electrons. The lowest BCUT2D eigenvalue weighted by Crippen LogP contribution is -2.05. The fraction of sp³-hybridized carbons (Fsp3) is 0.214. The Morgan fingerprint density at radius 2 is 2.20 bits per heavy atom. The molecule has 0 unspecified atom stereocenters. The smallest absolute Gasteiger partial charge is 0.313 e. The van der Waals surface area contributed by atoms with E-state index < -0.39 is 5.97 Å². The molecule has 2 N–H and O–H groups in total. The van der Waals surface area contributed by atoms with E-state index in [0.717, 1.165) is 40.5 Å². The van der Waals surface area contributed by atoms with Gasteiger partial charge >= 0.3 is 5.97 Å². The van der Waals surface area contributed by atoms with E-state index in [1.54, 1.807) is 0 Å². The summed E-state index contributed by atoms with van der Waals surface area (Å²) in [6, 6.07) is 8.00. The lowest BCUT2D eigenvalue weighted by atomic mass is 10.1. The largest absolute Gasteiger partial charge is 0.481 e. The summed E-state index contributed by atoms with van der Waals surface area (Å²) in [5.41, 5.74) is 4.02. The van der Waals surface area contributed by atoms with Crippen LogP contribution in [0.15, 0.2) is 35.6 Å². The van der Waals surface area contributed by atoms with E-state index in [9.17, 15) is 4.79 Å². The maximum Gasteiger partial charge on any atom is 0.313 e. The van der Waals surface area contributed by atoms with Gasteiger partial charge < -0.3 is 10.4 Å². The third-order valence-corrected chi connectivity index (χ3v) is 4.13. The number of rotatable bonds is 3. The second-order valence-corrected chi connectivity index (χ2v) is 5.37. The first kappa shape index (κ1) is 12.9. The number of thioether (sulfide) groups is 1. The van der Waals surface area contributed by atoms with Crippen LogP contribution in [0.2, 0.25) is 0 Å². The molecule has 1 aromatic carbocycles. The van der Waals surface area contributed by atoms with Gasteiger partial charge in [0.15, 0.2) is 0 Å². The monoisotopic (exact) mass is 287 g/mol. The van der Waals surface area contributed by atoms with Crippen molar-refractivity contribution in [1.82, 2.24) is 9.97 Å². The molecule has 0 atom stereocenters. The highest BCUT2D eigenvalue weighted by Crippen LogP contribution is 2.35. The minimum absolute atomic E-state index is 0.0124. The van der Waals surface area contributed by atoms with Crippen molar-refractivity contribution in [2.45, 2.75) is 11.4 Å². The SMILES string of the molecule is O=C(O)CSc1ncnc2c1CCNc1ccccc1-2. The number of anilines is 1. The molecule has 0 bridgehead atoms. The Morgan fingerprint density at radius 3 is 3.05 bits per heavy atom. The summed E-state index contributed by atoms with van der Waals surface area (Å²) in [6.45, 7) is 0.790. The van der Waals surface area contributed by atoms with Gasteiger partial charge in [0.05, 0.1) is 11.4 Å². The Hall–Kier alpha value is -2.08. The average Bonchev–Trinajstić information content (AvgIpc) is 2.65. The van der Waals surface area contributed by atoms with Crippen molar-refractivity contribution in [2.24, 2.45) is 0 Å². The van der Waals surface area contributed by atoms with Gasteiger partial charge in [-0.05, 0) is 12.5 Å². The zero-order valence-electron chi connectivity index (χ0n) is 10.7. The van der Waals surface area contributed by atoms with Crippen LogP contribution < -0.4 is 5.32 Å². The summed E-state index contributed by atoms with van der Waals surface area (Å²) in [4.78, 5) is 19.4. The molecular formula is C14H13N3O2S. The standard InChI is InChI=1S/C14H13N3O2S/c18-12(19)7-20-14-10-5-6-15-11-4-2-1-3-9(11)13(10)16-8-17-14/h1-4,8,15H,5-7H2,(H,18,19). The van der Waals surface area contributed by atoms with Crippen LogP contribution in [0.3, 0.4) is 0 Å². The minimum Gasteiger partial charge on any atom is -0.481 e. The Labute approximate surface area is 120 Å². The molecule has 2 aromatic rings. The number of fused-ring (bicyclic) bond motifs is 3. The predicted octanol–water partition coefficient (Wildman–Crippen LogP) is 2.29. The summed E-state index contributed by atoms with van der Waals surface area (Å²) in [5, 5.41) is 12.9. The molecule has 2 heterocycles. The molecule has 0 saturated heterocycles. The average molecular weight is 287 g/mol. The molecule has 1 aliphatic heterocycles. The van der Waals surface area contributed by atoms with Crippen LogP contribution in [0.5, 0.6) is 0 Å². The van der Waals surface area contributed by atoms with Gasteiger partial charge in [-0.1, -0.05) is 30.0 Å². The van der Waals surface area contributed by atoms with Crippen LogP contribution >= 0.6 is 11.8 Å². The number of aliphatic carboxylic acids is 1. The summed E-state index contributed by atoms with van der Waals surface area (Å²) in [6.07, 6.45) is 2.29. The highest BCUT2D eigenvalue weighted by atomic mass is 32.2. The molecule has 1 aromatic heterocycles. The molecule has 0 spiro atoms. The van der Waals surface area contributed by atoms with E-state index in [0.29, 0.717) is 0 Å². The van der Waals surface area contributed by atoms with E-state index in [1.807, 2.05) is 24.3 Å². The highest BCUT2D eigenvalue weighted by molar-refractivity contribution is 7.99. The van der Waals surface area contributed by atoms with Gasteiger partial charge in [0, 0.05) is 23.4 Å². The highest BCUT2D eigenvalue weighted by Gasteiger charge is 2.19. The number of carboxylic acid groups (broad SMARTS) is 1. The van der Waals surface area contributed by atoms with E-state index in [-0.39, 0.29) is 5.75 Å². The van der Waals surface area contributed by atoms with Gasteiger partial charge in [-0.25, -0.2) is 9.97 Å². The maximum absolute atomic E-state index is 10.7. The van der Waals surface area contributed by atoms with E-state index in [4.69, 9.17) is 5.11 Å². The van der Waals surface area contributed by atoms with Crippen LogP contribution in [0, 0.1) is 0 Å². The number of nitrogens with zero attached hydrogens (tertiary/aromatic N) is 2. The van der Waals surface area contributed by atoms with Crippen molar-refractivity contribution in [1.29, 1.82) is 0 Å². The van der Waals surface area contributed by atoms with Crippen LogP contribution in [0.25, 0.3) is 11.3 Å². The number of benzene rings is 1. The molecule has 5 nitrogen and oxygen atoms in total.